The van der Waals surface area contributed by atoms with E-state index >= 15 is 0 Å². The van der Waals surface area contributed by atoms with Gasteiger partial charge in [-0.2, -0.15) is 0 Å². The Morgan fingerprint density at radius 3 is 2.45 bits per heavy atom. The summed E-state index contributed by atoms with van der Waals surface area (Å²) in [4.78, 5) is 12.2. The molecule has 0 aliphatic heterocycles. The maximum absolute atomic E-state index is 12.2. The molecule has 2 rings (SSSR count). The number of carbonyl (C=O) groups is 1. The molecule has 1 saturated carbocycles. The van der Waals surface area contributed by atoms with Gasteiger partial charge in [0.2, 0.25) is 15.9 Å². The molecule has 5 N–H and O–H groups in total. The molecule has 0 radical (unpaired) electrons. The van der Waals surface area contributed by atoms with Crippen molar-refractivity contribution >= 4 is 21.6 Å². The minimum atomic E-state index is -3.79. The molecule has 0 saturated heterocycles. The van der Waals surface area contributed by atoms with Crippen LogP contribution in [0.25, 0.3) is 0 Å². The Morgan fingerprint density at radius 1 is 1.30 bits per heavy atom. The number of sulfonamides is 1. The van der Waals surface area contributed by atoms with Gasteiger partial charge in [-0.3, -0.25) is 4.79 Å². The third-order valence-corrected chi connectivity index (χ3v) is 4.64. The Balaban J connectivity index is 2.27. The zero-order chi connectivity index (χ0) is 15.0. The van der Waals surface area contributed by atoms with Gasteiger partial charge in [0.05, 0.1) is 10.4 Å². The highest BCUT2D eigenvalue weighted by Gasteiger charge is 2.37. The fourth-order valence-electron chi connectivity index (χ4n) is 2.39. The van der Waals surface area contributed by atoms with Gasteiger partial charge in [-0.25, -0.2) is 13.6 Å². The lowest BCUT2D eigenvalue weighted by Gasteiger charge is -2.23. The largest absolute Gasteiger partial charge is 0.324 e. The topological polar surface area (TPSA) is 115 Å². The Hall–Kier alpha value is -1.44. The summed E-state index contributed by atoms with van der Waals surface area (Å²) < 4.78 is 22.7. The smallest absolute Gasteiger partial charge is 0.244 e. The molecule has 0 spiro atoms. The van der Waals surface area contributed by atoms with Crippen LogP contribution < -0.4 is 16.2 Å². The van der Waals surface area contributed by atoms with Gasteiger partial charge in [0, 0.05) is 5.69 Å². The Labute approximate surface area is 118 Å². The van der Waals surface area contributed by atoms with Crippen molar-refractivity contribution < 1.29 is 13.2 Å². The van der Waals surface area contributed by atoms with Gasteiger partial charge < -0.3 is 11.1 Å². The Bertz CT molecular complexity index is 634. The average Bonchev–Trinajstić information content (AvgIpc) is 2.79. The molecule has 0 aromatic heterocycles. The number of hydrogen-bond acceptors (Lipinski definition) is 4. The standard InChI is InChI=1S/C13H19N3O3S/c1-9-4-5-10(20(15,18)19)8-11(9)16-12(17)13(14)6-2-3-7-13/h4-5,8H,2-3,6-7,14H2,1H3,(H,16,17)(H2,15,18,19). The summed E-state index contributed by atoms with van der Waals surface area (Å²) in [5.41, 5.74) is 6.40. The fourth-order valence-corrected chi connectivity index (χ4v) is 2.93. The second kappa shape index (κ2) is 5.16. The normalized spacial score (nSPS) is 17.9. The second-order valence-electron chi connectivity index (χ2n) is 5.34. The predicted octanol–water partition coefficient (Wildman–Crippen LogP) is 0.852. The number of carbonyl (C=O) groups excluding carboxylic acids is 1. The van der Waals surface area contributed by atoms with Crippen LogP contribution in [0.3, 0.4) is 0 Å². The number of primary sulfonamides is 1. The Morgan fingerprint density at radius 2 is 1.90 bits per heavy atom. The van der Waals surface area contributed by atoms with E-state index < -0.39 is 15.6 Å². The van der Waals surface area contributed by atoms with Crippen molar-refractivity contribution in [1.82, 2.24) is 0 Å². The van der Waals surface area contributed by atoms with Crippen LogP contribution in [0.15, 0.2) is 23.1 Å². The highest BCUT2D eigenvalue weighted by molar-refractivity contribution is 7.89. The van der Waals surface area contributed by atoms with E-state index in [1.54, 1.807) is 13.0 Å². The predicted molar refractivity (Wildman–Crippen MR) is 76.6 cm³/mol. The molecule has 1 amide bonds. The third-order valence-electron chi connectivity index (χ3n) is 3.73. The van der Waals surface area contributed by atoms with Crippen LogP contribution in [0.1, 0.15) is 31.2 Å². The van der Waals surface area contributed by atoms with Gasteiger partial charge in [-0.1, -0.05) is 18.9 Å². The molecule has 0 bridgehead atoms. The number of benzene rings is 1. The van der Waals surface area contributed by atoms with Crippen LogP contribution in [0.4, 0.5) is 5.69 Å². The number of hydrogen-bond donors (Lipinski definition) is 3. The monoisotopic (exact) mass is 297 g/mol. The molecule has 1 fully saturated rings. The third kappa shape index (κ3) is 3.00. The molecule has 1 aliphatic rings. The summed E-state index contributed by atoms with van der Waals surface area (Å²) >= 11 is 0. The number of anilines is 1. The first-order chi connectivity index (χ1) is 9.22. The van der Waals surface area contributed by atoms with Gasteiger partial charge in [0.15, 0.2) is 0 Å². The maximum atomic E-state index is 12.2. The van der Waals surface area contributed by atoms with Crippen molar-refractivity contribution in [1.29, 1.82) is 0 Å². The van der Waals surface area contributed by atoms with E-state index in [9.17, 15) is 13.2 Å². The molecule has 110 valence electrons. The van der Waals surface area contributed by atoms with Crippen LogP contribution in [-0.2, 0) is 14.8 Å². The molecular formula is C13H19N3O3S. The molecule has 6 nitrogen and oxygen atoms in total. The number of nitrogens with one attached hydrogen (secondary N) is 1. The molecule has 0 unspecified atom stereocenters. The molecule has 7 heteroatoms. The molecule has 20 heavy (non-hydrogen) atoms. The van der Waals surface area contributed by atoms with Crippen molar-refractivity contribution in [3.8, 4) is 0 Å². The summed E-state index contributed by atoms with van der Waals surface area (Å²) in [6, 6.07) is 4.38. The summed E-state index contributed by atoms with van der Waals surface area (Å²) in [5.74, 6) is -0.273. The van der Waals surface area contributed by atoms with Crippen molar-refractivity contribution in [3.05, 3.63) is 23.8 Å². The highest BCUT2D eigenvalue weighted by Crippen LogP contribution is 2.29. The number of nitrogens with two attached hydrogens (primary N) is 2. The van der Waals surface area contributed by atoms with Gasteiger partial charge in [-0.05, 0) is 37.5 Å². The van der Waals surface area contributed by atoms with E-state index in [4.69, 9.17) is 10.9 Å². The van der Waals surface area contributed by atoms with Crippen molar-refractivity contribution in [3.63, 3.8) is 0 Å². The molecular weight excluding hydrogens is 278 g/mol. The number of aryl methyl sites for hydroxylation is 1. The van der Waals surface area contributed by atoms with Crippen LogP contribution in [0, 0.1) is 6.92 Å². The average molecular weight is 297 g/mol. The van der Waals surface area contributed by atoms with E-state index in [1.807, 2.05) is 0 Å². The quantitative estimate of drug-likeness (QED) is 0.767. The molecule has 0 atom stereocenters. The van der Waals surface area contributed by atoms with Gasteiger partial charge >= 0.3 is 0 Å². The summed E-state index contributed by atoms with van der Waals surface area (Å²) in [6.07, 6.45) is 3.15. The summed E-state index contributed by atoms with van der Waals surface area (Å²) in [7, 11) is -3.79. The lowest BCUT2D eigenvalue weighted by molar-refractivity contribution is -0.121. The first kappa shape index (κ1) is 15.0. The van der Waals surface area contributed by atoms with Crippen molar-refractivity contribution in [2.75, 3.05) is 5.32 Å². The summed E-state index contributed by atoms with van der Waals surface area (Å²) in [5, 5.41) is 7.81. The van der Waals surface area contributed by atoms with E-state index in [-0.39, 0.29) is 10.8 Å². The molecule has 1 aromatic rings. The molecule has 0 heterocycles. The minimum absolute atomic E-state index is 0.0316. The van der Waals surface area contributed by atoms with Gasteiger partial charge in [0.1, 0.15) is 0 Å². The Kier molecular flexibility index (Phi) is 3.86. The highest BCUT2D eigenvalue weighted by atomic mass is 32.2. The number of amides is 1. The maximum Gasteiger partial charge on any atom is 0.244 e. The van der Waals surface area contributed by atoms with Crippen molar-refractivity contribution in [2.24, 2.45) is 10.9 Å². The van der Waals surface area contributed by atoms with E-state index in [0.29, 0.717) is 18.5 Å². The second-order valence-corrected chi connectivity index (χ2v) is 6.90. The van der Waals surface area contributed by atoms with E-state index in [0.717, 1.165) is 18.4 Å². The van der Waals surface area contributed by atoms with Crippen LogP contribution in [0.2, 0.25) is 0 Å². The lowest BCUT2D eigenvalue weighted by Crippen LogP contribution is -2.48. The first-order valence-corrected chi connectivity index (χ1v) is 8.01. The van der Waals surface area contributed by atoms with Gasteiger partial charge in [-0.15, -0.1) is 0 Å². The van der Waals surface area contributed by atoms with Crippen LogP contribution in [-0.4, -0.2) is 19.9 Å². The van der Waals surface area contributed by atoms with E-state index in [1.165, 1.54) is 12.1 Å². The summed E-state index contributed by atoms with van der Waals surface area (Å²) in [6.45, 7) is 1.78. The van der Waals surface area contributed by atoms with E-state index in [2.05, 4.69) is 5.32 Å². The van der Waals surface area contributed by atoms with Crippen molar-refractivity contribution in [2.45, 2.75) is 43.0 Å². The minimum Gasteiger partial charge on any atom is -0.324 e. The molecule has 1 aromatic carbocycles. The zero-order valence-electron chi connectivity index (χ0n) is 11.3. The van der Waals surface area contributed by atoms with Crippen LogP contribution >= 0.6 is 0 Å². The van der Waals surface area contributed by atoms with Crippen LogP contribution in [0.5, 0.6) is 0 Å². The first-order valence-electron chi connectivity index (χ1n) is 6.46. The SMILES string of the molecule is Cc1ccc(S(N)(=O)=O)cc1NC(=O)C1(N)CCCC1. The lowest BCUT2D eigenvalue weighted by atomic mass is 9.98. The zero-order valence-corrected chi connectivity index (χ0v) is 12.2. The number of rotatable bonds is 3. The molecule has 1 aliphatic carbocycles. The fraction of sp³-hybridized carbons (Fsp3) is 0.462. The van der Waals surface area contributed by atoms with Gasteiger partial charge in [0.25, 0.3) is 0 Å².